The summed E-state index contributed by atoms with van der Waals surface area (Å²) in [6.45, 7) is 0. The molecule has 0 aromatic heterocycles. The first-order chi connectivity index (χ1) is 0. The molecule has 0 unspecified atom stereocenters. The van der Waals surface area contributed by atoms with Crippen LogP contribution in [0.15, 0.2) is 0 Å². The van der Waals surface area contributed by atoms with Gasteiger partial charge in [0.25, 0.3) is 0 Å². The smallest absolute Gasteiger partial charge is 1.00 e. The number of hydrogen-bond acceptors (Lipinski definition) is 0. The van der Waals surface area contributed by atoms with Crippen molar-refractivity contribution in [3.8, 4) is 0 Å². The van der Waals surface area contributed by atoms with Crippen LogP contribution >= 0.6 is 0 Å². The van der Waals surface area contributed by atoms with Gasteiger partial charge in [0.05, 0.1) is 0 Å². The summed E-state index contributed by atoms with van der Waals surface area (Å²) in [4.78, 5) is 0. The van der Waals surface area contributed by atoms with Crippen molar-refractivity contribution in [3.63, 3.8) is 0 Å². The van der Waals surface area contributed by atoms with E-state index in [0.29, 0.717) is 0 Å². The summed E-state index contributed by atoms with van der Waals surface area (Å²) in [5, 5.41) is 0. The monoisotopic (exact) mass is 300 g/mol. The molecular weight excluding hydrogens is 299 g/mol. The average Bonchev–Trinajstić information content (AvgIpc) is 0. The van der Waals surface area contributed by atoms with Crippen LogP contribution in [0, 0.1) is 0 Å². The van der Waals surface area contributed by atoms with Crippen LogP contribution in [0.3, 0.4) is 0 Å². The van der Waals surface area contributed by atoms with Crippen molar-refractivity contribution < 1.29 is 49.9 Å². The predicted octanol–water partition coefficient (Wildman–Crippen LogP) is -18.4. The third-order valence-corrected chi connectivity index (χ3v) is 0. The molecule has 0 aliphatic heterocycles. The van der Waals surface area contributed by atoms with E-state index in [1.54, 1.807) is 0 Å². The number of halogens is 6. The number of rotatable bonds is 0. The minimum Gasteiger partial charge on any atom is -1.00 e. The molecule has 0 radical (unpaired) electrons. The molecular formula is BaF6Ti. The van der Waals surface area contributed by atoms with E-state index in [0.717, 1.165) is 0 Å². The van der Waals surface area contributed by atoms with Gasteiger partial charge in [-0.05, 0) is 0 Å². The summed E-state index contributed by atoms with van der Waals surface area (Å²) in [6.07, 6.45) is 0. The molecule has 0 rings (SSSR count). The molecule has 8 heteroatoms. The third-order valence-electron chi connectivity index (χ3n) is 0. The normalized spacial score (nSPS) is 0. The zero-order valence-electron chi connectivity index (χ0n) is 3.47. The summed E-state index contributed by atoms with van der Waals surface area (Å²) < 4.78 is 0. The first-order valence-electron chi connectivity index (χ1n) is 0. The molecule has 48 valence electrons. The van der Waals surface area contributed by atoms with E-state index in [-0.39, 0.29) is 98.8 Å². The summed E-state index contributed by atoms with van der Waals surface area (Å²) in [7, 11) is 0. The molecule has 0 fully saturated rings. The molecule has 0 aromatic rings. The Hall–Kier alpha value is 1.87. The molecule has 0 saturated carbocycles. The summed E-state index contributed by atoms with van der Waals surface area (Å²) in [5.41, 5.74) is 0. The number of hydrogen-bond donors (Lipinski definition) is 0. The molecule has 0 atom stereocenters. The Morgan fingerprint density at radius 2 is 0.375 bits per heavy atom. The zero-order chi connectivity index (χ0) is 0. The van der Waals surface area contributed by atoms with Gasteiger partial charge in [-0.1, -0.05) is 0 Å². The summed E-state index contributed by atoms with van der Waals surface area (Å²) >= 11 is 0. The van der Waals surface area contributed by atoms with Crippen molar-refractivity contribution in [2.45, 2.75) is 0 Å². The van der Waals surface area contributed by atoms with Gasteiger partial charge in [-0.2, -0.15) is 0 Å². The standard InChI is InChI=1S/Ba.6FH.Ti/h;6*1H;/q+2;;;;;;;+4/p-6. The van der Waals surface area contributed by atoms with Crippen molar-refractivity contribution in [3.05, 3.63) is 0 Å². The van der Waals surface area contributed by atoms with E-state index in [1.165, 1.54) is 0 Å². The van der Waals surface area contributed by atoms with E-state index < -0.39 is 0 Å². The quantitative estimate of drug-likeness (QED) is 0.308. The maximum Gasteiger partial charge on any atom is 4.00 e. The van der Waals surface area contributed by atoms with E-state index >= 15 is 0 Å². The molecule has 0 aliphatic rings. The predicted molar refractivity (Wildman–Crippen MR) is 5.75 cm³/mol. The van der Waals surface area contributed by atoms with Crippen LogP contribution in [0.2, 0.25) is 0 Å². The molecule has 0 bridgehead atoms. The van der Waals surface area contributed by atoms with E-state index in [2.05, 4.69) is 0 Å². The van der Waals surface area contributed by atoms with Gasteiger partial charge < -0.3 is 28.2 Å². The van der Waals surface area contributed by atoms with Crippen molar-refractivity contribution in [2.75, 3.05) is 0 Å². The Morgan fingerprint density at radius 3 is 0.375 bits per heavy atom. The van der Waals surface area contributed by atoms with Crippen molar-refractivity contribution >= 4 is 48.9 Å². The van der Waals surface area contributed by atoms with E-state index in [9.17, 15) is 0 Å². The van der Waals surface area contributed by atoms with Crippen molar-refractivity contribution in [2.24, 2.45) is 0 Å². The Morgan fingerprint density at radius 1 is 0.375 bits per heavy atom. The van der Waals surface area contributed by atoms with Crippen LogP contribution in [-0.4, -0.2) is 48.9 Å². The van der Waals surface area contributed by atoms with Gasteiger partial charge >= 0.3 is 70.6 Å². The molecule has 0 spiro atoms. The largest absolute Gasteiger partial charge is 4.00 e. The van der Waals surface area contributed by atoms with Gasteiger partial charge in [-0.15, -0.1) is 0 Å². The van der Waals surface area contributed by atoms with Gasteiger partial charge in [0.1, 0.15) is 0 Å². The van der Waals surface area contributed by atoms with Crippen LogP contribution in [0.25, 0.3) is 0 Å². The van der Waals surface area contributed by atoms with Crippen molar-refractivity contribution in [1.82, 2.24) is 0 Å². The Labute approximate surface area is 97.3 Å². The molecule has 0 aliphatic carbocycles. The molecule has 0 saturated heterocycles. The molecule has 0 N–H and O–H groups in total. The SMILES string of the molecule is [Ba+2].[F-].[F-].[F-].[F-].[F-].[F-].[Ti+4]. The summed E-state index contributed by atoms with van der Waals surface area (Å²) in [6, 6.07) is 0. The van der Waals surface area contributed by atoms with Gasteiger partial charge in [-0.25, -0.2) is 0 Å². The second-order valence-electron chi connectivity index (χ2n) is 0. The van der Waals surface area contributed by atoms with E-state index in [1.807, 2.05) is 0 Å². The second kappa shape index (κ2) is 158. The van der Waals surface area contributed by atoms with Crippen LogP contribution < -0.4 is 28.2 Å². The van der Waals surface area contributed by atoms with E-state index in [4.69, 9.17) is 0 Å². The Balaban J connectivity index is 0. The van der Waals surface area contributed by atoms with Gasteiger partial charge in [0.2, 0.25) is 0 Å². The Kier molecular flexibility index (Phi) is 4390. The summed E-state index contributed by atoms with van der Waals surface area (Å²) in [5.74, 6) is 0. The molecule has 0 nitrogen and oxygen atoms in total. The molecule has 0 amide bonds. The first kappa shape index (κ1) is 223. The van der Waals surface area contributed by atoms with Gasteiger partial charge in [-0.3, -0.25) is 0 Å². The fourth-order valence-electron chi connectivity index (χ4n) is 0. The minimum atomic E-state index is 0. The van der Waals surface area contributed by atoms with Gasteiger partial charge in [0.15, 0.2) is 0 Å². The Bertz CT molecular complexity index is 8.49. The van der Waals surface area contributed by atoms with Crippen LogP contribution in [0.1, 0.15) is 0 Å². The van der Waals surface area contributed by atoms with Gasteiger partial charge in [0, 0.05) is 0 Å². The maximum atomic E-state index is 0. The molecule has 8 heavy (non-hydrogen) atoms. The van der Waals surface area contributed by atoms with Crippen molar-refractivity contribution in [1.29, 1.82) is 0 Å². The zero-order valence-corrected chi connectivity index (χ0v) is 9.48. The van der Waals surface area contributed by atoms with Crippen LogP contribution in [0.5, 0.6) is 0 Å². The third kappa shape index (κ3) is 107. The topological polar surface area (TPSA) is 0 Å². The molecule has 0 heterocycles. The molecule has 0 aromatic carbocycles. The van der Waals surface area contributed by atoms with Crippen LogP contribution in [-0.2, 0) is 21.7 Å². The minimum absolute atomic E-state index is 0. The average molecular weight is 299 g/mol. The first-order valence-corrected chi connectivity index (χ1v) is 0. The fraction of sp³-hybridized carbons (Fsp3) is 0. The second-order valence-corrected chi connectivity index (χ2v) is 0. The maximum absolute atomic E-state index is 0. The van der Waals surface area contributed by atoms with Crippen LogP contribution in [0.4, 0.5) is 0 Å². The fourth-order valence-corrected chi connectivity index (χ4v) is 0.